The van der Waals surface area contributed by atoms with Gasteiger partial charge in [-0.25, -0.2) is 0 Å². The van der Waals surface area contributed by atoms with Crippen molar-refractivity contribution < 1.29 is 14.7 Å². The lowest BCUT2D eigenvalue weighted by molar-refractivity contribution is -0.140. The summed E-state index contributed by atoms with van der Waals surface area (Å²) in [6, 6.07) is 0.863. The highest BCUT2D eigenvalue weighted by atomic mass is 16.4. The molecule has 0 aromatic heterocycles. The number of nitrogens with zero attached hydrogens (tertiary/aromatic N) is 1. The van der Waals surface area contributed by atoms with Crippen molar-refractivity contribution in [1.29, 1.82) is 0 Å². The van der Waals surface area contributed by atoms with Crippen LogP contribution in [0.2, 0.25) is 0 Å². The third-order valence-electron chi connectivity index (χ3n) is 3.49. The first-order valence-corrected chi connectivity index (χ1v) is 6.28. The molecule has 1 amide bonds. The molecule has 5 nitrogen and oxygen atoms in total. The van der Waals surface area contributed by atoms with Crippen molar-refractivity contribution in [2.24, 2.45) is 5.92 Å². The van der Waals surface area contributed by atoms with Crippen LogP contribution in [0.3, 0.4) is 0 Å². The second-order valence-electron chi connectivity index (χ2n) is 5.26. The highest BCUT2D eigenvalue weighted by molar-refractivity contribution is 5.73. The molecule has 0 aromatic rings. The molecule has 2 aliphatic rings. The third kappa shape index (κ3) is 3.70. The normalized spacial score (nSPS) is 29.1. The van der Waals surface area contributed by atoms with Crippen LogP contribution in [0.5, 0.6) is 0 Å². The number of aliphatic carboxylic acids is 1. The van der Waals surface area contributed by atoms with Crippen molar-refractivity contribution in [1.82, 2.24) is 10.2 Å². The van der Waals surface area contributed by atoms with Gasteiger partial charge in [0.1, 0.15) is 0 Å². The van der Waals surface area contributed by atoms with Gasteiger partial charge < -0.3 is 15.3 Å². The summed E-state index contributed by atoms with van der Waals surface area (Å²) in [5, 5.41) is 12.3. The fraction of sp³-hybridized carbons (Fsp3) is 0.833. The van der Waals surface area contributed by atoms with Gasteiger partial charge in [0.05, 0.1) is 0 Å². The third-order valence-corrected chi connectivity index (χ3v) is 3.49. The molecule has 1 heterocycles. The fourth-order valence-corrected chi connectivity index (χ4v) is 2.56. The number of nitrogens with one attached hydrogen (secondary N) is 1. The van der Waals surface area contributed by atoms with Gasteiger partial charge in [0.15, 0.2) is 0 Å². The Labute approximate surface area is 101 Å². The quantitative estimate of drug-likeness (QED) is 0.748. The highest BCUT2D eigenvalue weighted by Crippen LogP contribution is 2.25. The molecule has 1 saturated carbocycles. The molecular formula is C12H20N2O3. The SMILES string of the molecule is CC(=O)N1CC(CC(=O)O)CC(NC2CC2)C1. The topological polar surface area (TPSA) is 69.6 Å². The summed E-state index contributed by atoms with van der Waals surface area (Å²) in [4.78, 5) is 24.0. The van der Waals surface area contributed by atoms with Gasteiger partial charge in [0.25, 0.3) is 0 Å². The van der Waals surface area contributed by atoms with Crippen molar-refractivity contribution in [3.8, 4) is 0 Å². The van der Waals surface area contributed by atoms with Gasteiger partial charge in [-0.1, -0.05) is 0 Å². The second kappa shape index (κ2) is 5.04. The van der Waals surface area contributed by atoms with E-state index in [1.54, 1.807) is 11.8 Å². The number of hydrogen-bond acceptors (Lipinski definition) is 3. The average Bonchev–Trinajstić information content (AvgIpc) is 3.00. The Hall–Kier alpha value is -1.10. The van der Waals surface area contributed by atoms with Gasteiger partial charge in [-0.05, 0) is 25.2 Å². The maximum atomic E-state index is 11.4. The van der Waals surface area contributed by atoms with E-state index in [4.69, 9.17) is 5.11 Å². The van der Waals surface area contributed by atoms with Crippen molar-refractivity contribution in [2.75, 3.05) is 13.1 Å². The van der Waals surface area contributed by atoms with Crippen LogP contribution in [-0.4, -0.2) is 47.1 Å². The number of carboxylic acids is 1. The minimum atomic E-state index is -0.773. The lowest BCUT2D eigenvalue weighted by atomic mass is 9.91. The number of carbonyl (C=O) groups excluding carboxylic acids is 1. The Morgan fingerprint density at radius 1 is 1.29 bits per heavy atom. The van der Waals surface area contributed by atoms with Gasteiger partial charge in [0, 0.05) is 38.5 Å². The number of hydrogen-bond donors (Lipinski definition) is 2. The molecule has 2 fully saturated rings. The second-order valence-corrected chi connectivity index (χ2v) is 5.26. The zero-order valence-corrected chi connectivity index (χ0v) is 10.2. The monoisotopic (exact) mass is 240 g/mol. The van der Waals surface area contributed by atoms with E-state index in [0.717, 1.165) is 13.0 Å². The van der Waals surface area contributed by atoms with Crippen LogP contribution in [0.1, 0.15) is 32.6 Å². The molecule has 1 saturated heterocycles. The first-order chi connectivity index (χ1) is 8.04. The molecule has 0 radical (unpaired) electrons. The predicted molar refractivity (Wildman–Crippen MR) is 62.6 cm³/mol. The standard InChI is InChI=1S/C12H20N2O3/c1-8(15)14-6-9(5-12(16)17)4-11(7-14)13-10-2-3-10/h9-11,13H,2-7H2,1H3,(H,16,17). The molecule has 96 valence electrons. The van der Waals surface area contributed by atoms with Crippen molar-refractivity contribution in [3.05, 3.63) is 0 Å². The smallest absolute Gasteiger partial charge is 0.303 e. The van der Waals surface area contributed by atoms with E-state index in [1.165, 1.54) is 12.8 Å². The Morgan fingerprint density at radius 3 is 2.53 bits per heavy atom. The van der Waals surface area contributed by atoms with E-state index >= 15 is 0 Å². The molecule has 0 aromatic carbocycles. The summed E-state index contributed by atoms with van der Waals surface area (Å²) in [5.41, 5.74) is 0. The van der Waals surface area contributed by atoms with Crippen molar-refractivity contribution in [3.63, 3.8) is 0 Å². The van der Waals surface area contributed by atoms with Crippen LogP contribution in [0, 0.1) is 5.92 Å². The number of likely N-dealkylation sites (tertiary alicyclic amines) is 1. The summed E-state index contributed by atoms with van der Waals surface area (Å²) in [6.07, 6.45) is 3.44. The molecule has 5 heteroatoms. The summed E-state index contributed by atoms with van der Waals surface area (Å²) in [6.45, 7) is 2.86. The first-order valence-electron chi connectivity index (χ1n) is 6.28. The first kappa shape index (κ1) is 12.4. The van der Waals surface area contributed by atoms with E-state index in [9.17, 15) is 9.59 Å². The molecule has 2 unspecified atom stereocenters. The Balaban J connectivity index is 1.92. The zero-order chi connectivity index (χ0) is 12.4. The zero-order valence-electron chi connectivity index (χ0n) is 10.2. The summed E-state index contributed by atoms with van der Waals surface area (Å²) in [5.74, 6) is -0.644. The van der Waals surface area contributed by atoms with Crippen LogP contribution in [0.4, 0.5) is 0 Å². The number of piperidine rings is 1. The molecule has 0 spiro atoms. The van der Waals surface area contributed by atoms with E-state index < -0.39 is 5.97 Å². The number of carbonyl (C=O) groups is 2. The van der Waals surface area contributed by atoms with Gasteiger partial charge in [0.2, 0.25) is 5.91 Å². The van der Waals surface area contributed by atoms with Gasteiger partial charge in [-0.3, -0.25) is 9.59 Å². The molecule has 1 aliphatic carbocycles. The van der Waals surface area contributed by atoms with E-state index in [0.29, 0.717) is 12.6 Å². The van der Waals surface area contributed by atoms with Gasteiger partial charge in [-0.15, -0.1) is 0 Å². The molecule has 2 atom stereocenters. The molecular weight excluding hydrogens is 220 g/mol. The predicted octanol–water partition coefficient (Wildman–Crippen LogP) is 0.450. The lowest BCUT2D eigenvalue weighted by Gasteiger charge is -2.37. The van der Waals surface area contributed by atoms with Gasteiger partial charge in [-0.2, -0.15) is 0 Å². The Bertz CT molecular complexity index is 315. The summed E-state index contributed by atoms with van der Waals surface area (Å²) < 4.78 is 0. The van der Waals surface area contributed by atoms with E-state index in [2.05, 4.69) is 5.32 Å². The molecule has 0 bridgehead atoms. The Morgan fingerprint density at radius 2 is 2.00 bits per heavy atom. The van der Waals surface area contributed by atoms with Crippen LogP contribution in [0.15, 0.2) is 0 Å². The van der Waals surface area contributed by atoms with E-state index in [-0.39, 0.29) is 24.3 Å². The summed E-state index contributed by atoms with van der Waals surface area (Å²) in [7, 11) is 0. The van der Waals surface area contributed by atoms with Crippen molar-refractivity contribution >= 4 is 11.9 Å². The van der Waals surface area contributed by atoms with E-state index in [1.807, 2.05) is 0 Å². The van der Waals surface area contributed by atoms with Gasteiger partial charge >= 0.3 is 5.97 Å². The summed E-state index contributed by atoms with van der Waals surface area (Å²) >= 11 is 0. The average molecular weight is 240 g/mol. The molecule has 2 rings (SSSR count). The largest absolute Gasteiger partial charge is 0.481 e. The van der Waals surface area contributed by atoms with Crippen LogP contribution in [0.25, 0.3) is 0 Å². The van der Waals surface area contributed by atoms with Crippen LogP contribution < -0.4 is 5.32 Å². The fourth-order valence-electron chi connectivity index (χ4n) is 2.56. The maximum Gasteiger partial charge on any atom is 0.303 e. The maximum absolute atomic E-state index is 11.4. The molecule has 17 heavy (non-hydrogen) atoms. The Kier molecular flexibility index (Phi) is 3.66. The molecule has 1 aliphatic heterocycles. The van der Waals surface area contributed by atoms with Crippen LogP contribution in [-0.2, 0) is 9.59 Å². The number of amides is 1. The minimum absolute atomic E-state index is 0.0442. The highest BCUT2D eigenvalue weighted by Gasteiger charge is 2.33. The number of carboxylic acid groups (broad SMARTS) is 1. The van der Waals surface area contributed by atoms with Crippen LogP contribution >= 0.6 is 0 Å². The molecule has 2 N–H and O–H groups in total. The lowest BCUT2D eigenvalue weighted by Crippen LogP contribution is -2.51. The van der Waals surface area contributed by atoms with Crippen molar-refractivity contribution in [2.45, 2.75) is 44.7 Å². The minimum Gasteiger partial charge on any atom is -0.481 e. The number of rotatable bonds is 4.